The molecule has 4 nitrogen and oxygen atoms in total. The molecule has 1 fully saturated rings. The zero-order valence-electron chi connectivity index (χ0n) is 8.33. The van der Waals surface area contributed by atoms with Crippen LogP contribution in [0, 0.1) is 5.92 Å². The lowest BCUT2D eigenvalue weighted by Crippen LogP contribution is -2.35. The Balaban J connectivity index is 2.35. The molecule has 1 N–H and O–H groups in total. The van der Waals surface area contributed by atoms with E-state index >= 15 is 0 Å². The molecule has 1 unspecified atom stereocenters. The lowest BCUT2D eigenvalue weighted by atomic mass is 10.2. The minimum Gasteiger partial charge on any atom is -0.272 e. The van der Waals surface area contributed by atoms with Gasteiger partial charge in [-0.15, -0.1) is 0 Å². The summed E-state index contributed by atoms with van der Waals surface area (Å²) in [5.74, 6) is -1.30. The van der Waals surface area contributed by atoms with E-state index in [2.05, 4.69) is 5.43 Å². The van der Waals surface area contributed by atoms with E-state index < -0.39 is 5.92 Å². The predicted molar refractivity (Wildman–Crippen MR) is 61.3 cm³/mol. The lowest BCUT2D eigenvalue weighted by Gasteiger charge is -2.15. The molecule has 1 aliphatic rings. The van der Waals surface area contributed by atoms with Crippen molar-refractivity contribution in [2.45, 2.75) is 6.92 Å². The molecule has 1 heterocycles. The SMILES string of the molecule is CC1C(=O)NN(c2ccc(Cl)c(Cl)c2)C1=O. The number of carbonyl (C=O) groups excluding carboxylic acids is 2. The monoisotopic (exact) mass is 258 g/mol. The van der Waals surface area contributed by atoms with Crippen LogP contribution in [0.1, 0.15) is 6.92 Å². The van der Waals surface area contributed by atoms with Crippen molar-refractivity contribution in [2.24, 2.45) is 5.92 Å². The molecular weight excluding hydrogens is 251 g/mol. The highest BCUT2D eigenvalue weighted by Gasteiger charge is 2.36. The van der Waals surface area contributed by atoms with Crippen molar-refractivity contribution in [1.29, 1.82) is 0 Å². The Morgan fingerprint density at radius 1 is 1.25 bits per heavy atom. The number of hydrogen-bond donors (Lipinski definition) is 1. The molecule has 16 heavy (non-hydrogen) atoms. The van der Waals surface area contributed by atoms with Crippen LogP contribution in [0.25, 0.3) is 0 Å². The second kappa shape index (κ2) is 3.96. The smallest absolute Gasteiger partial charge is 0.258 e. The molecule has 1 aliphatic heterocycles. The van der Waals surface area contributed by atoms with Crippen molar-refractivity contribution in [2.75, 3.05) is 5.01 Å². The van der Waals surface area contributed by atoms with E-state index in [0.717, 1.165) is 0 Å². The van der Waals surface area contributed by atoms with Gasteiger partial charge in [0.25, 0.3) is 11.8 Å². The van der Waals surface area contributed by atoms with Crippen LogP contribution >= 0.6 is 23.2 Å². The van der Waals surface area contributed by atoms with Crippen molar-refractivity contribution >= 4 is 40.7 Å². The van der Waals surface area contributed by atoms with E-state index in [9.17, 15) is 9.59 Å². The Morgan fingerprint density at radius 2 is 1.94 bits per heavy atom. The molecule has 0 bridgehead atoms. The van der Waals surface area contributed by atoms with Gasteiger partial charge < -0.3 is 0 Å². The Bertz CT molecular complexity index is 476. The third-order valence-electron chi connectivity index (χ3n) is 2.37. The number of hydrogen-bond acceptors (Lipinski definition) is 2. The molecule has 2 amide bonds. The van der Waals surface area contributed by atoms with Gasteiger partial charge in [0.1, 0.15) is 5.92 Å². The number of nitrogens with one attached hydrogen (secondary N) is 1. The first-order chi connectivity index (χ1) is 7.50. The number of anilines is 1. The van der Waals surface area contributed by atoms with Gasteiger partial charge in [0, 0.05) is 0 Å². The molecule has 6 heteroatoms. The fourth-order valence-corrected chi connectivity index (χ4v) is 1.68. The fraction of sp³-hybridized carbons (Fsp3) is 0.200. The van der Waals surface area contributed by atoms with Crippen LogP contribution in [-0.2, 0) is 9.59 Å². The first kappa shape index (κ1) is 11.2. The highest BCUT2D eigenvalue weighted by Crippen LogP contribution is 2.28. The fourth-order valence-electron chi connectivity index (χ4n) is 1.38. The zero-order chi connectivity index (χ0) is 11.9. The number of amides is 2. The topological polar surface area (TPSA) is 49.4 Å². The number of benzene rings is 1. The number of halogens is 2. The normalized spacial score (nSPS) is 20.2. The number of nitrogens with zero attached hydrogens (tertiary/aromatic N) is 1. The first-order valence-corrected chi connectivity index (χ1v) is 5.36. The van der Waals surface area contributed by atoms with Crippen LogP contribution in [0.5, 0.6) is 0 Å². The third-order valence-corrected chi connectivity index (χ3v) is 3.11. The summed E-state index contributed by atoms with van der Waals surface area (Å²) in [6.45, 7) is 1.55. The van der Waals surface area contributed by atoms with Crippen molar-refractivity contribution in [3.05, 3.63) is 28.2 Å². The minimum atomic E-state index is -0.672. The van der Waals surface area contributed by atoms with Gasteiger partial charge in [0.2, 0.25) is 0 Å². The Hall–Kier alpha value is -1.26. The van der Waals surface area contributed by atoms with Gasteiger partial charge in [-0.3, -0.25) is 15.0 Å². The quantitative estimate of drug-likeness (QED) is 0.784. The molecule has 0 aromatic heterocycles. The molecular formula is C10H8Cl2N2O2. The average molecular weight is 259 g/mol. The summed E-state index contributed by atoms with van der Waals surface area (Å²) in [6, 6.07) is 4.71. The number of rotatable bonds is 1. The maximum absolute atomic E-state index is 11.7. The average Bonchev–Trinajstić information content (AvgIpc) is 2.50. The van der Waals surface area contributed by atoms with Gasteiger partial charge in [-0.25, -0.2) is 5.01 Å². The molecule has 1 saturated heterocycles. The summed E-state index contributed by atoms with van der Waals surface area (Å²) in [7, 11) is 0. The van der Waals surface area contributed by atoms with E-state index in [4.69, 9.17) is 23.2 Å². The van der Waals surface area contributed by atoms with Crippen LogP contribution in [0.3, 0.4) is 0 Å². The van der Waals surface area contributed by atoms with E-state index in [-0.39, 0.29) is 11.8 Å². The molecule has 1 aromatic carbocycles. The van der Waals surface area contributed by atoms with Crippen LogP contribution < -0.4 is 10.4 Å². The maximum atomic E-state index is 11.7. The molecule has 0 spiro atoms. The van der Waals surface area contributed by atoms with Crippen LogP contribution in [0.15, 0.2) is 18.2 Å². The molecule has 0 radical (unpaired) electrons. The van der Waals surface area contributed by atoms with Crippen molar-refractivity contribution in [3.63, 3.8) is 0 Å². The summed E-state index contributed by atoms with van der Waals surface area (Å²) < 4.78 is 0. The minimum absolute atomic E-state index is 0.302. The molecule has 1 aromatic rings. The molecule has 84 valence electrons. The van der Waals surface area contributed by atoms with Gasteiger partial charge in [-0.1, -0.05) is 23.2 Å². The van der Waals surface area contributed by atoms with E-state index in [1.807, 2.05) is 0 Å². The van der Waals surface area contributed by atoms with E-state index in [0.29, 0.717) is 15.7 Å². The number of carbonyl (C=O) groups is 2. The number of hydrazine groups is 1. The second-order valence-corrected chi connectivity index (χ2v) is 4.28. The van der Waals surface area contributed by atoms with Crippen LogP contribution in [0.4, 0.5) is 5.69 Å². The highest BCUT2D eigenvalue weighted by atomic mass is 35.5. The highest BCUT2D eigenvalue weighted by molar-refractivity contribution is 6.42. The van der Waals surface area contributed by atoms with Gasteiger partial charge in [-0.05, 0) is 25.1 Å². The van der Waals surface area contributed by atoms with Gasteiger partial charge in [0.15, 0.2) is 0 Å². The molecule has 0 saturated carbocycles. The summed E-state index contributed by atoms with van der Waals surface area (Å²) >= 11 is 11.6. The van der Waals surface area contributed by atoms with E-state index in [1.165, 1.54) is 11.1 Å². The third kappa shape index (κ3) is 1.74. The van der Waals surface area contributed by atoms with Crippen LogP contribution in [0.2, 0.25) is 10.0 Å². The van der Waals surface area contributed by atoms with Crippen molar-refractivity contribution in [3.8, 4) is 0 Å². The zero-order valence-corrected chi connectivity index (χ0v) is 9.84. The lowest BCUT2D eigenvalue weighted by molar-refractivity contribution is -0.126. The van der Waals surface area contributed by atoms with Gasteiger partial charge >= 0.3 is 0 Å². The van der Waals surface area contributed by atoms with Gasteiger partial charge in [0.05, 0.1) is 15.7 Å². The summed E-state index contributed by atoms with van der Waals surface area (Å²) in [6.07, 6.45) is 0. The standard InChI is InChI=1S/C10H8Cl2N2O2/c1-5-9(15)13-14(10(5)16)6-2-3-7(11)8(12)4-6/h2-5H,1H3,(H,13,15). The van der Waals surface area contributed by atoms with Crippen LogP contribution in [-0.4, -0.2) is 11.8 Å². The maximum Gasteiger partial charge on any atom is 0.258 e. The Kier molecular flexibility index (Phi) is 2.78. The second-order valence-electron chi connectivity index (χ2n) is 3.47. The van der Waals surface area contributed by atoms with Crippen molar-refractivity contribution in [1.82, 2.24) is 5.43 Å². The Labute approximate surface area is 102 Å². The largest absolute Gasteiger partial charge is 0.272 e. The molecule has 2 rings (SSSR count). The first-order valence-electron chi connectivity index (χ1n) is 4.60. The Morgan fingerprint density at radius 3 is 2.44 bits per heavy atom. The predicted octanol–water partition coefficient (Wildman–Crippen LogP) is 2.01. The summed E-state index contributed by atoms with van der Waals surface area (Å²) in [5, 5.41) is 1.91. The van der Waals surface area contributed by atoms with Gasteiger partial charge in [-0.2, -0.15) is 0 Å². The van der Waals surface area contributed by atoms with E-state index in [1.54, 1.807) is 19.1 Å². The summed E-state index contributed by atoms with van der Waals surface area (Å²) in [5.41, 5.74) is 2.96. The molecule has 0 aliphatic carbocycles. The molecule has 1 atom stereocenters. The van der Waals surface area contributed by atoms with Crippen molar-refractivity contribution < 1.29 is 9.59 Å². The summed E-state index contributed by atoms with van der Waals surface area (Å²) in [4.78, 5) is 23.0.